The van der Waals surface area contributed by atoms with E-state index >= 15 is 0 Å². The van der Waals surface area contributed by atoms with Crippen LogP contribution in [-0.2, 0) is 0 Å². The van der Waals surface area contributed by atoms with Gasteiger partial charge in [-0.1, -0.05) is 12.1 Å². The number of rotatable bonds is 0. The Morgan fingerprint density at radius 2 is 1.40 bits per heavy atom. The van der Waals surface area contributed by atoms with Gasteiger partial charge in [-0.2, -0.15) is 0 Å². The first-order valence-corrected chi connectivity index (χ1v) is 2.56. The van der Waals surface area contributed by atoms with Gasteiger partial charge >= 0.3 is 51.4 Å². The number of hydrogen-bond acceptors (Lipinski definition) is 2. The fourth-order valence-corrected chi connectivity index (χ4v) is 0.677. The van der Waals surface area contributed by atoms with Crippen LogP contribution in [0.4, 0.5) is 17.1 Å². The van der Waals surface area contributed by atoms with Crippen LogP contribution in [-0.4, -0.2) is 0 Å². The van der Waals surface area contributed by atoms with Crippen molar-refractivity contribution < 1.29 is 51.4 Å². The second-order valence-electron chi connectivity index (χ2n) is 1.89. The average molecular weight is 161 g/mol. The van der Waals surface area contributed by atoms with Crippen LogP contribution in [0.2, 0.25) is 0 Å². The van der Waals surface area contributed by atoms with Gasteiger partial charge in [0, 0.05) is 11.4 Å². The molecule has 0 aliphatic carbocycles. The van der Waals surface area contributed by atoms with Gasteiger partial charge in [0.25, 0.3) is 0 Å². The fraction of sp³-hybridized carbons (Fsp3) is 0. The number of nitrogens with one attached hydrogen (secondary N) is 1. The Morgan fingerprint density at radius 1 is 1.00 bits per heavy atom. The smallest absolute Gasteiger partial charge is 0.699 e. The van der Waals surface area contributed by atoms with E-state index in [2.05, 4.69) is 0 Å². The summed E-state index contributed by atoms with van der Waals surface area (Å²) in [6, 6.07) is 4.73. The van der Waals surface area contributed by atoms with E-state index in [4.69, 9.17) is 17.2 Å². The van der Waals surface area contributed by atoms with Crippen molar-refractivity contribution in [1.82, 2.24) is 0 Å². The maximum atomic E-state index is 7.12. The Morgan fingerprint density at radius 3 is 1.70 bits per heavy atom. The monoisotopic (exact) mass is 161 g/mol. The van der Waals surface area contributed by atoms with Crippen molar-refractivity contribution in [2.45, 2.75) is 0 Å². The second kappa shape index (κ2) is 4.20. The molecule has 0 spiro atoms. The van der Waals surface area contributed by atoms with Crippen LogP contribution in [0.5, 0.6) is 0 Å². The van der Waals surface area contributed by atoms with Crippen LogP contribution < -0.4 is 62.9 Å². The first kappa shape index (κ1) is 10.3. The minimum absolute atomic E-state index is 0. The van der Waals surface area contributed by atoms with Crippen molar-refractivity contribution in [3.8, 4) is 0 Å². The molecule has 0 unspecified atom stereocenters. The molecule has 0 aliphatic rings. The first-order chi connectivity index (χ1) is 4.18. The molecule has 10 heavy (non-hydrogen) atoms. The predicted octanol–water partition coefficient (Wildman–Crippen LogP) is -1.46. The molecule has 0 heterocycles. The minimum Gasteiger partial charge on any atom is -0.699 e. The Bertz CT molecular complexity index is 174. The summed E-state index contributed by atoms with van der Waals surface area (Å²) in [4.78, 5) is 0. The van der Waals surface area contributed by atoms with E-state index in [9.17, 15) is 0 Å². The van der Waals surface area contributed by atoms with Crippen LogP contribution in [0.25, 0.3) is 5.73 Å². The zero-order valence-corrected chi connectivity index (χ0v) is 9.01. The van der Waals surface area contributed by atoms with E-state index in [0.717, 1.165) is 0 Å². The first-order valence-electron chi connectivity index (χ1n) is 2.56. The van der Waals surface area contributed by atoms with E-state index in [1.807, 2.05) is 0 Å². The Hall–Kier alpha value is 0.256. The van der Waals surface area contributed by atoms with Crippen LogP contribution in [0.15, 0.2) is 18.2 Å². The van der Waals surface area contributed by atoms with Gasteiger partial charge in [0.15, 0.2) is 0 Å². The van der Waals surface area contributed by atoms with Gasteiger partial charge in [0.05, 0.1) is 0 Å². The summed E-state index contributed by atoms with van der Waals surface area (Å²) < 4.78 is 0. The van der Waals surface area contributed by atoms with Crippen molar-refractivity contribution in [2.24, 2.45) is 0 Å². The third kappa shape index (κ3) is 2.89. The normalized spacial score (nSPS) is 8.40. The molecular formula is C6H8KN3. The van der Waals surface area contributed by atoms with E-state index < -0.39 is 0 Å². The number of hydrogen-bond donors (Lipinski definition) is 2. The molecule has 0 atom stereocenters. The largest absolute Gasteiger partial charge is 1.00 e. The molecule has 0 aromatic heterocycles. The number of nitrogens with two attached hydrogens (primary N) is 2. The van der Waals surface area contributed by atoms with Crippen molar-refractivity contribution in [3.05, 3.63) is 23.9 Å². The number of benzene rings is 1. The summed E-state index contributed by atoms with van der Waals surface area (Å²) in [5, 5.41) is 0. The van der Waals surface area contributed by atoms with Crippen molar-refractivity contribution in [3.63, 3.8) is 0 Å². The number of nitrogen functional groups attached to an aromatic ring is 2. The van der Waals surface area contributed by atoms with Crippen LogP contribution >= 0.6 is 0 Å². The molecule has 0 saturated carbocycles. The van der Waals surface area contributed by atoms with E-state index in [-0.39, 0.29) is 51.4 Å². The molecule has 1 aromatic rings. The Balaban J connectivity index is 0.000000810. The third-order valence-electron chi connectivity index (χ3n) is 0.978. The molecule has 48 valence electrons. The molecule has 4 heteroatoms. The topological polar surface area (TPSA) is 75.8 Å². The maximum absolute atomic E-state index is 7.12. The molecule has 3 nitrogen and oxygen atoms in total. The summed E-state index contributed by atoms with van der Waals surface area (Å²) in [6.07, 6.45) is 0. The molecular weight excluding hydrogens is 153 g/mol. The molecule has 1 aromatic carbocycles. The predicted molar refractivity (Wildman–Crippen MR) is 39.2 cm³/mol. The SMILES string of the molecule is [K+].[NH-]c1cc(N)cc(N)c1. The van der Waals surface area contributed by atoms with Gasteiger partial charge < -0.3 is 17.2 Å². The zero-order valence-electron chi connectivity index (χ0n) is 5.89. The molecule has 0 radical (unpaired) electrons. The van der Waals surface area contributed by atoms with Crippen LogP contribution in [0.3, 0.4) is 0 Å². The van der Waals surface area contributed by atoms with Crippen molar-refractivity contribution >= 4 is 17.1 Å². The van der Waals surface area contributed by atoms with E-state index in [0.29, 0.717) is 17.1 Å². The molecule has 5 N–H and O–H groups in total. The molecule has 0 saturated heterocycles. The number of anilines is 2. The van der Waals surface area contributed by atoms with E-state index in [1.165, 1.54) is 0 Å². The average Bonchev–Trinajstić information content (AvgIpc) is 1.59. The van der Waals surface area contributed by atoms with Crippen LogP contribution in [0, 0.1) is 0 Å². The third-order valence-corrected chi connectivity index (χ3v) is 0.978. The van der Waals surface area contributed by atoms with Gasteiger partial charge in [-0.05, 0) is 6.07 Å². The molecule has 0 bridgehead atoms. The van der Waals surface area contributed by atoms with Gasteiger partial charge in [-0.25, -0.2) is 0 Å². The minimum atomic E-state index is 0. The van der Waals surface area contributed by atoms with Gasteiger partial charge in [-0.15, -0.1) is 5.69 Å². The molecule has 0 aliphatic heterocycles. The van der Waals surface area contributed by atoms with Gasteiger partial charge in [-0.3, -0.25) is 0 Å². The molecule has 0 fully saturated rings. The summed E-state index contributed by atoms with van der Waals surface area (Å²) in [6.45, 7) is 0. The molecule has 1 rings (SSSR count). The fourth-order valence-electron chi connectivity index (χ4n) is 0.677. The maximum Gasteiger partial charge on any atom is 1.00 e. The summed E-state index contributed by atoms with van der Waals surface area (Å²) in [7, 11) is 0. The van der Waals surface area contributed by atoms with E-state index in [1.54, 1.807) is 18.2 Å². The summed E-state index contributed by atoms with van der Waals surface area (Å²) >= 11 is 0. The molecule has 0 amide bonds. The van der Waals surface area contributed by atoms with Crippen LogP contribution in [0.1, 0.15) is 0 Å². The summed E-state index contributed by atoms with van der Waals surface area (Å²) in [5.74, 6) is 0. The summed E-state index contributed by atoms with van der Waals surface area (Å²) in [5.41, 5.74) is 19.3. The Kier molecular flexibility index (Phi) is 4.31. The Labute approximate surface area is 102 Å². The quantitative estimate of drug-likeness (QED) is 0.360. The van der Waals surface area contributed by atoms with Gasteiger partial charge in [0.2, 0.25) is 0 Å². The second-order valence-corrected chi connectivity index (χ2v) is 1.89. The zero-order chi connectivity index (χ0) is 6.85. The van der Waals surface area contributed by atoms with Crippen molar-refractivity contribution in [1.29, 1.82) is 0 Å². The van der Waals surface area contributed by atoms with Crippen molar-refractivity contribution in [2.75, 3.05) is 11.5 Å². The standard InChI is InChI=1S/C6H8N3.K/c7-4-1-5(8)3-6(9)2-4;/h1-3,7H,8-9H2;/q-1;+1. The van der Waals surface area contributed by atoms with Gasteiger partial charge in [0.1, 0.15) is 0 Å².